The zero-order valence-corrected chi connectivity index (χ0v) is 11.5. The van der Waals surface area contributed by atoms with Crippen LogP contribution in [0.25, 0.3) is 0 Å². The molecule has 0 unspecified atom stereocenters. The third-order valence-electron chi connectivity index (χ3n) is 2.57. The second-order valence-corrected chi connectivity index (χ2v) is 4.79. The second kappa shape index (κ2) is 4.44. The molecule has 0 aromatic carbocycles. The van der Waals surface area contributed by atoms with E-state index in [-0.39, 0.29) is 5.56 Å². The molecule has 0 radical (unpaired) electrons. The van der Waals surface area contributed by atoms with Gasteiger partial charge in [0.1, 0.15) is 0 Å². The molecule has 6 heteroatoms. The van der Waals surface area contributed by atoms with Gasteiger partial charge in [0.05, 0.1) is 28.6 Å². The minimum absolute atomic E-state index is 0.101. The maximum Gasteiger partial charge on any atom is 0.267 e. The molecule has 0 aliphatic heterocycles. The van der Waals surface area contributed by atoms with Crippen LogP contribution in [0.15, 0.2) is 21.5 Å². The third kappa shape index (κ3) is 2.31. The third-order valence-corrected chi connectivity index (χ3v) is 3.60. The molecule has 0 saturated carbocycles. The number of hydrogen-bond donors (Lipinski definition) is 0. The van der Waals surface area contributed by atoms with Gasteiger partial charge in [-0.1, -0.05) is 0 Å². The van der Waals surface area contributed by atoms with Crippen LogP contribution in [0.4, 0.5) is 0 Å². The Kier molecular flexibility index (Phi) is 3.15. The standard InChI is InChI=1S/C11H13BrN4O/c1-7-4-10(17)16(13-5-7)6-9-11(12)8(2)14-15(9)3/h4-5H,6H2,1-3H3. The molecule has 2 rings (SSSR count). The van der Waals surface area contributed by atoms with Crippen LogP contribution in [-0.2, 0) is 13.6 Å². The summed E-state index contributed by atoms with van der Waals surface area (Å²) in [7, 11) is 1.85. The lowest BCUT2D eigenvalue weighted by molar-refractivity contribution is 0.587. The minimum Gasteiger partial charge on any atom is -0.269 e. The summed E-state index contributed by atoms with van der Waals surface area (Å²) in [5.41, 5.74) is 2.60. The molecule has 5 nitrogen and oxygen atoms in total. The maximum absolute atomic E-state index is 11.7. The van der Waals surface area contributed by atoms with Crippen LogP contribution in [0.5, 0.6) is 0 Å². The van der Waals surface area contributed by atoms with E-state index in [2.05, 4.69) is 26.1 Å². The Bertz CT molecular complexity index is 614. The maximum atomic E-state index is 11.7. The Morgan fingerprint density at radius 2 is 2.12 bits per heavy atom. The number of hydrogen-bond acceptors (Lipinski definition) is 3. The molecule has 0 fully saturated rings. The van der Waals surface area contributed by atoms with Crippen molar-refractivity contribution in [1.82, 2.24) is 19.6 Å². The van der Waals surface area contributed by atoms with Crippen LogP contribution in [-0.4, -0.2) is 19.6 Å². The summed E-state index contributed by atoms with van der Waals surface area (Å²) in [6.07, 6.45) is 1.68. The van der Waals surface area contributed by atoms with Crippen LogP contribution in [0, 0.1) is 13.8 Å². The number of aryl methyl sites for hydroxylation is 3. The van der Waals surface area contributed by atoms with E-state index in [4.69, 9.17) is 0 Å². The van der Waals surface area contributed by atoms with Crippen molar-refractivity contribution in [2.24, 2.45) is 7.05 Å². The van der Waals surface area contributed by atoms with E-state index < -0.39 is 0 Å². The topological polar surface area (TPSA) is 52.7 Å². The Morgan fingerprint density at radius 1 is 1.41 bits per heavy atom. The van der Waals surface area contributed by atoms with Crippen molar-refractivity contribution in [3.63, 3.8) is 0 Å². The summed E-state index contributed by atoms with van der Waals surface area (Å²) in [5.74, 6) is 0. The Balaban J connectivity index is 2.41. The van der Waals surface area contributed by atoms with Gasteiger partial charge >= 0.3 is 0 Å². The first-order chi connectivity index (χ1) is 7.99. The first-order valence-corrected chi connectivity index (χ1v) is 6.00. The minimum atomic E-state index is -0.101. The molecule has 2 aromatic heterocycles. The molecule has 0 N–H and O–H groups in total. The van der Waals surface area contributed by atoms with Crippen molar-refractivity contribution in [2.45, 2.75) is 20.4 Å². The lowest BCUT2D eigenvalue weighted by Crippen LogP contribution is -2.23. The van der Waals surface area contributed by atoms with Gasteiger partial charge in [0.2, 0.25) is 0 Å². The van der Waals surface area contributed by atoms with Crippen LogP contribution in [0.1, 0.15) is 17.0 Å². The number of aromatic nitrogens is 4. The van der Waals surface area contributed by atoms with Gasteiger partial charge in [0.15, 0.2) is 0 Å². The molecular formula is C11H13BrN4O. The van der Waals surface area contributed by atoms with E-state index in [0.29, 0.717) is 6.54 Å². The predicted molar refractivity (Wildman–Crippen MR) is 68.0 cm³/mol. The molecule has 2 heterocycles. The molecule has 0 bridgehead atoms. The molecule has 17 heavy (non-hydrogen) atoms. The first kappa shape index (κ1) is 12.0. The van der Waals surface area contributed by atoms with Gasteiger partial charge in [-0.05, 0) is 35.3 Å². The largest absolute Gasteiger partial charge is 0.269 e. The van der Waals surface area contributed by atoms with Crippen molar-refractivity contribution >= 4 is 15.9 Å². The average molecular weight is 297 g/mol. The highest BCUT2D eigenvalue weighted by molar-refractivity contribution is 9.10. The first-order valence-electron chi connectivity index (χ1n) is 5.21. The fourth-order valence-electron chi connectivity index (χ4n) is 1.64. The van der Waals surface area contributed by atoms with Gasteiger partial charge in [0.25, 0.3) is 5.56 Å². The van der Waals surface area contributed by atoms with Gasteiger partial charge < -0.3 is 0 Å². The van der Waals surface area contributed by atoms with E-state index in [1.54, 1.807) is 16.9 Å². The van der Waals surface area contributed by atoms with Gasteiger partial charge in [-0.2, -0.15) is 10.2 Å². The molecule has 2 aromatic rings. The summed E-state index contributed by atoms with van der Waals surface area (Å²) in [6.45, 7) is 4.18. The van der Waals surface area contributed by atoms with E-state index in [0.717, 1.165) is 21.4 Å². The Labute approximate surface area is 107 Å². The Hall–Kier alpha value is -1.43. The molecule has 0 aliphatic carbocycles. The summed E-state index contributed by atoms with van der Waals surface area (Å²) < 4.78 is 4.11. The second-order valence-electron chi connectivity index (χ2n) is 4.00. The van der Waals surface area contributed by atoms with Crippen molar-refractivity contribution in [3.05, 3.63) is 44.0 Å². The smallest absolute Gasteiger partial charge is 0.267 e. The molecular weight excluding hydrogens is 284 g/mol. The summed E-state index contributed by atoms with van der Waals surface area (Å²) in [5, 5.41) is 8.39. The highest BCUT2D eigenvalue weighted by Crippen LogP contribution is 2.20. The molecule has 0 aliphatic rings. The molecule has 0 atom stereocenters. The summed E-state index contributed by atoms with van der Waals surface area (Å²) >= 11 is 3.47. The Morgan fingerprint density at radius 3 is 2.65 bits per heavy atom. The van der Waals surface area contributed by atoms with Gasteiger partial charge in [-0.3, -0.25) is 9.48 Å². The summed E-state index contributed by atoms with van der Waals surface area (Å²) in [4.78, 5) is 11.7. The van der Waals surface area contributed by atoms with Crippen LogP contribution in [0.2, 0.25) is 0 Å². The molecule has 0 spiro atoms. The van der Waals surface area contributed by atoms with Gasteiger partial charge in [-0.25, -0.2) is 4.68 Å². The highest BCUT2D eigenvalue weighted by Gasteiger charge is 2.12. The zero-order chi connectivity index (χ0) is 12.6. The number of nitrogens with zero attached hydrogens (tertiary/aromatic N) is 4. The highest BCUT2D eigenvalue weighted by atomic mass is 79.9. The molecule has 0 saturated heterocycles. The number of rotatable bonds is 2. The van der Waals surface area contributed by atoms with Gasteiger partial charge in [-0.15, -0.1) is 0 Å². The lowest BCUT2D eigenvalue weighted by atomic mass is 10.3. The van der Waals surface area contributed by atoms with Crippen LogP contribution in [0.3, 0.4) is 0 Å². The predicted octanol–water partition coefficient (Wildman–Crippen LogP) is 1.40. The zero-order valence-electron chi connectivity index (χ0n) is 9.94. The monoisotopic (exact) mass is 296 g/mol. The molecule has 0 amide bonds. The average Bonchev–Trinajstić information content (AvgIpc) is 2.48. The molecule has 90 valence electrons. The van der Waals surface area contributed by atoms with Crippen molar-refractivity contribution in [2.75, 3.05) is 0 Å². The van der Waals surface area contributed by atoms with E-state index in [9.17, 15) is 4.79 Å². The van der Waals surface area contributed by atoms with Crippen molar-refractivity contribution < 1.29 is 0 Å². The normalized spacial score (nSPS) is 10.8. The van der Waals surface area contributed by atoms with Crippen LogP contribution < -0.4 is 5.56 Å². The van der Waals surface area contributed by atoms with Crippen molar-refractivity contribution in [1.29, 1.82) is 0 Å². The quantitative estimate of drug-likeness (QED) is 0.842. The van der Waals surface area contributed by atoms with Gasteiger partial charge in [0, 0.05) is 13.1 Å². The van der Waals surface area contributed by atoms with E-state index in [1.165, 1.54) is 4.68 Å². The van der Waals surface area contributed by atoms with E-state index in [1.807, 2.05) is 20.9 Å². The van der Waals surface area contributed by atoms with E-state index >= 15 is 0 Å². The SMILES string of the molecule is Cc1cnn(Cc2c(Br)c(C)nn2C)c(=O)c1. The van der Waals surface area contributed by atoms with Crippen LogP contribution >= 0.6 is 15.9 Å². The van der Waals surface area contributed by atoms with Crippen molar-refractivity contribution in [3.8, 4) is 0 Å². The fourth-order valence-corrected chi connectivity index (χ4v) is 2.10. The summed E-state index contributed by atoms with van der Waals surface area (Å²) in [6, 6.07) is 1.57. The lowest BCUT2D eigenvalue weighted by Gasteiger charge is -2.05. The number of halogens is 1. The fraction of sp³-hybridized carbons (Fsp3) is 0.364.